The average molecular weight is 300 g/mol. The quantitative estimate of drug-likeness (QED) is 0.641. The molecule has 1 aromatic rings. The predicted molar refractivity (Wildman–Crippen MR) is 75.6 cm³/mol. The molecule has 0 spiro atoms. The highest BCUT2D eigenvalue weighted by Crippen LogP contribution is 2.06. The van der Waals surface area contributed by atoms with Gasteiger partial charge in [0.05, 0.1) is 17.5 Å². The van der Waals surface area contributed by atoms with E-state index in [0.717, 1.165) is 0 Å². The average Bonchev–Trinajstić information content (AvgIpc) is 2.46. The molecule has 3 N–H and O–H groups in total. The molecule has 1 amide bonds. The Morgan fingerprint density at radius 2 is 1.95 bits per heavy atom. The second-order valence-corrected chi connectivity index (χ2v) is 6.11. The molecule has 0 heterocycles. The third-order valence-electron chi connectivity index (χ3n) is 2.75. The van der Waals surface area contributed by atoms with Gasteiger partial charge < -0.3 is 10.4 Å². The zero-order valence-corrected chi connectivity index (χ0v) is 12.2. The molecule has 1 unspecified atom stereocenters. The van der Waals surface area contributed by atoms with Crippen LogP contribution in [0.5, 0.6) is 0 Å². The molecule has 0 radical (unpaired) electrons. The number of hydrogen-bond acceptors (Lipinski definition) is 4. The smallest absolute Gasteiger partial charge is 0.241 e. The van der Waals surface area contributed by atoms with Crippen molar-refractivity contribution in [2.75, 3.05) is 13.1 Å². The molecule has 0 aromatic heterocycles. The number of nitrogens with one attached hydrogen (secondary N) is 2. The van der Waals surface area contributed by atoms with Crippen molar-refractivity contribution >= 4 is 15.9 Å². The minimum absolute atomic E-state index is 0.120. The Balaban J connectivity index is 2.37. The van der Waals surface area contributed by atoms with E-state index in [0.29, 0.717) is 19.4 Å². The Morgan fingerprint density at radius 1 is 1.30 bits per heavy atom. The minimum atomic E-state index is -3.66. The molecule has 1 atom stereocenters. The molecule has 0 aliphatic heterocycles. The van der Waals surface area contributed by atoms with Crippen LogP contribution in [0, 0.1) is 0 Å². The van der Waals surface area contributed by atoms with E-state index >= 15 is 0 Å². The number of hydrogen-bond donors (Lipinski definition) is 3. The molecule has 0 bridgehead atoms. The summed E-state index contributed by atoms with van der Waals surface area (Å²) in [7, 11) is -3.66. The molecular formula is C13H20N2O4S. The second-order valence-electron chi connectivity index (χ2n) is 4.34. The fourth-order valence-electron chi connectivity index (χ4n) is 1.49. The van der Waals surface area contributed by atoms with Crippen LogP contribution >= 0.6 is 0 Å². The van der Waals surface area contributed by atoms with Crippen LogP contribution in [0.25, 0.3) is 0 Å². The van der Waals surface area contributed by atoms with E-state index in [1.54, 1.807) is 18.2 Å². The van der Waals surface area contributed by atoms with E-state index in [2.05, 4.69) is 10.0 Å². The van der Waals surface area contributed by atoms with E-state index in [1.165, 1.54) is 12.1 Å². The molecule has 0 fully saturated rings. The fourth-order valence-corrected chi connectivity index (χ4v) is 2.49. The first-order valence-corrected chi connectivity index (χ1v) is 7.93. The summed E-state index contributed by atoms with van der Waals surface area (Å²) in [6, 6.07) is 7.85. The van der Waals surface area contributed by atoms with E-state index < -0.39 is 22.0 Å². The summed E-state index contributed by atoms with van der Waals surface area (Å²) in [6.45, 7) is 1.85. The summed E-state index contributed by atoms with van der Waals surface area (Å²) < 4.78 is 25.9. The number of aliphatic hydroxyl groups is 1. The van der Waals surface area contributed by atoms with Crippen molar-refractivity contribution in [3.63, 3.8) is 0 Å². The maximum Gasteiger partial charge on any atom is 0.241 e. The van der Waals surface area contributed by atoms with Crippen molar-refractivity contribution in [1.82, 2.24) is 10.0 Å². The largest absolute Gasteiger partial charge is 0.393 e. The molecule has 0 aliphatic carbocycles. The SMILES string of the molecule is CCC(O)CCNC(=O)CNS(=O)(=O)c1ccccc1. The lowest BCUT2D eigenvalue weighted by Gasteiger charge is -2.10. The van der Waals surface area contributed by atoms with Crippen LogP contribution in [-0.2, 0) is 14.8 Å². The van der Waals surface area contributed by atoms with Gasteiger partial charge in [-0.3, -0.25) is 4.79 Å². The lowest BCUT2D eigenvalue weighted by atomic mass is 10.2. The summed E-state index contributed by atoms with van der Waals surface area (Å²) in [5, 5.41) is 11.9. The maximum absolute atomic E-state index is 11.8. The van der Waals surface area contributed by atoms with Crippen LogP contribution in [0.4, 0.5) is 0 Å². The van der Waals surface area contributed by atoms with E-state index in [9.17, 15) is 18.3 Å². The highest BCUT2D eigenvalue weighted by atomic mass is 32.2. The van der Waals surface area contributed by atoms with Crippen LogP contribution in [0.1, 0.15) is 19.8 Å². The first-order chi connectivity index (χ1) is 9.45. The summed E-state index contributed by atoms with van der Waals surface area (Å²) in [6.07, 6.45) is 0.626. The number of carbonyl (C=O) groups excluding carboxylic acids is 1. The van der Waals surface area contributed by atoms with Gasteiger partial charge in [-0.15, -0.1) is 0 Å². The molecule has 20 heavy (non-hydrogen) atoms. The Labute approximate surface area is 119 Å². The Morgan fingerprint density at radius 3 is 2.55 bits per heavy atom. The molecular weight excluding hydrogens is 280 g/mol. The molecule has 1 rings (SSSR count). The van der Waals surface area contributed by atoms with Gasteiger partial charge in [0, 0.05) is 6.54 Å². The number of aliphatic hydroxyl groups excluding tert-OH is 1. The van der Waals surface area contributed by atoms with Gasteiger partial charge in [0.2, 0.25) is 15.9 Å². The van der Waals surface area contributed by atoms with Crippen molar-refractivity contribution in [3.05, 3.63) is 30.3 Å². The molecule has 0 aliphatic rings. The molecule has 7 heteroatoms. The number of rotatable bonds is 8. The molecule has 0 saturated heterocycles. The van der Waals surface area contributed by atoms with Crippen molar-refractivity contribution in [3.8, 4) is 0 Å². The maximum atomic E-state index is 11.8. The van der Waals surface area contributed by atoms with Crippen LogP contribution < -0.4 is 10.0 Å². The highest BCUT2D eigenvalue weighted by Gasteiger charge is 2.14. The Bertz CT molecular complexity index is 516. The summed E-state index contributed by atoms with van der Waals surface area (Å²) in [5.41, 5.74) is 0. The lowest BCUT2D eigenvalue weighted by Crippen LogP contribution is -2.37. The Hall–Kier alpha value is -1.44. The lowest BCUT2D eigenvalue weighted by molar-refractivity contribution is -0.120. The van der Waals surface area contributed by atoms with Gasteiger partial charge in [-0.2, -0.15) is 0 Å². The molecule has 112 valence electrons. The first-order valence-electron chi connectivity index (χ1n) is 6.45. The number of sulfonamides is 1. The third kappa shape index (κ3) is 5.68. The van der Waals surface area contributed by atoms with E-state index in [-0.39, 0.29) is 11.4 Å². The fraction of sp³-hybridized carbons (Fsp3) is 0.462. The van der Waals surface area contributed by atoms with Gasteiger partial charge >= 0.3 is 0 Å². The number of amides is 1. The van der Waals surface area contributed by atoms with Gasteiger partial charge in [-0.05, 0) is 25.0 Å². The van der Waals surface area contributed by atoms with Gasteiger partial charge in [0.25, 0.3) is 0 Å². The van der Waals surface area contributed by atoms with Crippen molar-refractivity contribution < 1.29 is 18.3 Å². The normalized spacial score (nSPS) is 12.9. The van der Waals surface area contributed by atoms with Crippen LogP contribution in [0.3, 0.4) is 0 Å². The van der Waals surface area contributed by atoms with Gasteiger partial charge in [-0.1, -0.05) is 25.1 Å². The standard InChI is InChI=1S/C13H20N2O4S/c1-2-11(16)8-9-14-13(17)10-15-20(18,19)12-6-4-3-5-7-12/h3-7,11,15-16H,2,8-10H2,1H3,(H,14,17). The minimum Gasteiger partial charge on any atom is -0.393 e. The first kappa shape index (κ1) is 16.6. The molecule has 0 saturated carbocycles. The molecule has 6 nitrogen and oxygen atoms in total. The van der Waals surface area contributed by atoms with Crippen LogP contribution in [0.2, 0.25) is 0 Å². The highest BCUT2D eigenvalue weighted by molar-refractivity contribution is 7.89. The topological polar surface area (TPSA) is 95.5 Å². The second kappa shape index (κ2) is 7.98. The number of carbonyl (C=O) groups is 1. The van der Waals surface area contributed by atoms with Gasteiger partial charge in [-0.25, -0.2) is 13.1 Å². The zero-order chi connectivity index (χ0) is 15.0. The van der Waals surface area contributed by atoms with E-state index in [1.807, 2.05) is 6.92 Å². The molecule has 1 aromatic carbocycles. The summed E-state index contributed by atoms with van der Waals surface area (Å²) >= 11 is 0. The Kier molecular flexibility index (Phi) is 6.63. The van der Waals surface area contributed by atoms with Crippen molar-refractivity contribution in [1.29, 1.82) is 0 Å². The monoisotopic (exact) mass is 300 g/mol. The predicted octanol–water partition coefficient (Wildman–Crippen LogP) is 0.242. The third-order valence-corrected chi connectivity index (χ3v) is 4.16. The number of benzene rings is 1. The zero-order valence-electron chi connectivity index (χ0n) is 11.4. The van der Waals surface area contributed by atoms with Crippen molar-refractivity contribution in [2.45, 2.75) is 30.8 Å². The van der Waals surface area contributed by atoms with Crippen LogP contribution in [-0.4, -0.2) is 38.6 Å². The van der Waals surface area contributed by atoms with E-state index in [4.69, 9.17) is 0 Å². The van der Waals surface area contributed by atoms with Gasteiger partial charge in [0.1, 0.15) is 0 Å². The van der Waals surface area contributed by atoms with Crippen molar-refractivity contribution in [2.24, 2.45) is 0 Å². The van der Waals surface area contributed by atoms with Crippen LogP contribution in [0.15, 0.2) is 35.2 Å². The van der Waals surface area contributed by atoms with Gasteiger partial charge in [0.15, 0.2) is 0 Å². The summed E-state index contributed by atoms with van der Waals surface area (Å²) in [4.78, 5) is 11.6. The summed E-state index contributed by atoms with van der Waals surface area (Å²) in [5.74, 6) is -0.423.